The lowest BCUT2D eigenvalue weighted by molar-refractivity contribution is -0.283. The van der Waals surface area contributed by atoms with Crippen molar-refractivity contribution in [1.82, 2.24) is 0 Å². The zero-order chi connectivity index (χ0) is 29.1. The summed E-state index contributed by atoms with van der Waals surface area (Å²) >= 11 is 0. The highest BCUT2D eigenvalue weighted by atomic mass is 16.6. The molecule has 0 aromatic carbocycles. The van der Waals surface area contributed by atoms with Crippen LogP contribution < -0.4 is 0 Å². The van der Waals surface area contributed by atoms with E-state index in [-0.39, 0.29) is 18.3 Å². The standard InChI is InChI=1S/C29H40O10/c1-14-11-22(37-17(4)31)28(8)20(23(14)34)9-10-27(7)21-12-35-13-29(21,15(2)36-16(3)30)26(39-19(6)33)24(25(27)28)38-18(5)32/h11,15,20-22,24-26H,9-10,12-13H2,1-8H3/t15?,20-,21-,22+,24?,25?,26-,27-,28+,29+/m0/s1. The molecule has 0 amide bonds. The SMILES string of the molecule is CC(=O)OC1C2[C@@]3(C)[C@H](OC(C)=O)C=C(C)C(=O)[C@@H]3CC[C@@]2(C)[C@@H]2COC[C@]2(C(C)OC(C)=O)[C@H]1OC(C)=O. The highest BCUT2D eigenvalue weighted by Gasteiger charge is 2.76. The molecule has 0 spiro atoms. The molecule has 0 radical (unpaired) electrons. The molecule has 39 heavy (non-hydrogen) atoms. The molecule has 0 aromatic rings. The summed E-state index contributed by atoms with van der Waals surface area (Å²) in [5, 5.41) is 0. The van der Waals surface area contributed by atoms with Crippen LogP contribution in [-0.4, -0.2) is 67.3 Å². The fourth-order valence-corrected chi connectivity index (χ4v) is 8.70. The molecule has 4 rings (SSSR count). The van der Waals surface area contributed by atoms with Crippen LogP contribution in [0.2, 0.25) is 0 Å². The lowest BCUT2D eigenvalue weighted by Gasteiger charge is -2.68. The largest absolute Gasteiger partial charge is 0.462 e. The first-order valence-corrected chi connectivity index (χ1v) is 13.6. The zero-order valence-corrected chi connectivity index (χ0v) is 24.0. The Morgan fingerprint density at radius 3 is 2.15 bits per heavy atom. The van der Waals surface area contributed by atoms with Gasteiger partial charge in [-0.15, -0.1) is 0 Å². The molecule has 0 bridgehead atoms. The molecular weight excluding hydrogens is 508 g/mol. The zero-order valence-electron chi connectivity index (χ0n) is 24.0. The summed E-state index contributed by atoms with van der Waals surface area (Å²) in [4.78, 5) is 63.3. The van der Waals surface area contributed by atoms with Crippen LogP contribution in [-0.2, 0) is 47.7 Å². The Labute approximate surface area is 229 Å². The van der Waals surface area contributed by atoms with Crippen molar-refractivity contribution in [3.8, 4) is 0 Å². The molecule has 10 nitrogen and oxygen atoms in total. The van der Waals surface area contributed by atoms with Gasteiger partial charge in [0.05, 0.1) is 18.6 Å². The first-order valence-electron chi connectivity index (χ1n) is 13.6. The second kappa shape index (κ2) is 10.0. The Morgan fingerprint density at radius 2 is 1.59 bits per heavy atom. The van der Waals surface area contributed by atoms with E-state index in [0.717, 1.165) is 0 Å². The van der Waals surface area contributed by atoms with Gasteiger partial charge in [0.15, 0.2) is 11.9 Å². The molecule has 0 aromatic heterocycles. The fraction of sp³-hybridized carbons (Fsp3) is 0.759. The molecule has 1 aliphatic heterocycles. The minimum atomic E-state index is -1.05. The smallest absolute Gasteiger partial charge is 0.303 e. The van der Waals surface area contributed by atoms with Gasteiger partial charge in [0.2, 0.25) is 0 Å². The third kappa shape index (κ3) is 4.39. The minimum absolute atomic E-state index is 0.0404. The van der Waals surface area contributed by atoms with Crippen molar-refractivity contribution < 1.29 is 47.7 Å². The predicted octanol–water partition coefficient (Wildman–Crippen LogP) is 2.95. The van der Waals surface area contributed by atoms with E-state index >= 15 is 0 Å². The van der Waals surface area contributed by atoms with Crippen molar-refractivity contribution in [2.24, 2.45) is 34.0 Å². The van der Waals surface area contributed by atoms with E-state index < -0.39 is 76.4 Å². The molecule has 3 aliphatic carbocycles. The normalized spacial score (nSPS) is 41.6. The van der Waals surface area contributed by atoms with Crippen molar-refractivity contribution in [1.29, 1.82) is 0 Å². The maximum absolute atomic E-state index is 13.6. The highest BCUT2D eigenvalue weighted by Crippen LogP contribution is 2.70. The van der Waals surface area contributed by atoms with Gasteiger partial charge in [-0.25, -0.2) is 0 Å². The third-order valence-corrected chi connectivity index (χ3v) is 10.0. The monoisotopic (exact) mass is 548 g/mol. The van der Waals surface area contributed by atoms with E-state index in [0.29, 0.717) is 25.0 Å². The van der Waals surface area contributed by atoms with Crippen molar-refractivity contribution >= 4 is 29.7 Å². The number of carbonyl (C=O) groups is 5. The summed E-state index contributed by atoms with van der Waals surface area (Å²) in [6.45, 7) is 13.1. The molecule has 2 saturated carbocycles. The van der Waals surface area contributed by atoms with Crippen LogP contribution in [0.4, 0.5) is 0 Å². The fourth-order valence-electron chi connectivity index (χ4n) is 8.70. The Balaban J connectivity index is 2.01. The van der Waals surface area contributed by atoms with Gasteiger partial charge < -0.3 is 23.7 Å². The van der Waals surface area contributed by atoms with Crippen molar-refractivity contribution in [3.63, 3.8) is 0 Å². The maximum atomic E-state index is 13.6. The molecule has 10 atom stereocenters. The number of allylic oxidation sites excluding steroid dienone is 1. The second-order valence-corrected chi connectivity index (χ2v) is 12.2. The van der Waals surface area contributed by atoms with Crippen molar-refractivity contribution in [2.45, 2.75) is 92.6 Å². The van der Waals surface area contributed by atoms with Crippen molar-refractivity contribution in [2.75, 3.05) is 13.2 Å². The summed E-state index contributed by atoms with van der Waals surface area (Å²) < 4.78 is 29.8. The van der Waals surface area contributed by atoms with E-state index in [1.807, 2.05) is 6.92 Å². The molecule has 1 heterocycles. The number of ketones is 1. The molecule has 3 unspecified atom stereocenters. The summed E-state index contributed by atoms with van der Waals surface area (Å²) in [5.41, 5.74) is -2.13. The minimum Gasteiger partial charge on any atom is -0.462 e. The predicted molar refractivity (Wildman–Crippen MR) is 136 cm³/mol. The number of rotatable bonds is 5. The number of esters is 4. The lowest BCUT2D eigenvalue weighted by atomic mass is 9.37. The summed E-state index contributed by atoms with van der Waals surface area (Å²) in [7, 11) is 0. The number of hydrogen-bond acceptors (Lipinski definition) is 10. The van der Waals surface area contributed by atoms with Crippen LogP contribution in [0.5, 0.6) is 0 Å². The van der Waals surface area contributed by atoms with Crippen LogP contribution in [0.15, 0.2) is 11.6 Å². The topological polar surface area (TPSA) is 132 Å². The van der Waals surface area contributed by atoms with Gasteiger partial charge in [-0.3, -0.25) is 24.0 Å². The van der Waals surface area contributed by atoms with Gasteiger partial charge in [-0.1, -0.05) is 13.8 Å². The van der Waals surface area contributed by atoms with Crippen LogP contribution in [0.25, 0.3) is 0 Å². The van der Waals surface area contributed by atoms with Gasteiger partial charge in [-0.2, -0.15) is 0 Å². The Hall–Kier alpha value is -2.75. The lowest BCUT2D eigenvalue weighted by Crippen LogP contribution is -2.74. The average molecular weight is 549 g/mol. The van der Waals surface area contributed by atoms with Crippen molar-refractivity contribution in [3.05, 3.63) is 11.6 Å². The number of Topliss-reactive ketones (excluding diaryl/α,β-unsaturated/α-hetero) is 1. The van der Waals surface area contributed by atoms with Crippen LogP contribution in [0.3, 0.4) is 0 Å². The number of fused-ring (bicyclic) bond motifs is 5. The number of ether oxygens (including phenoxy) is 5. The highest BCUT2D eigenvalue weighted by molar-refractivity contribution is 5.98. The Bertz CT molecular complexity index is 1110. The van der Waals surface area contributed by atoms with E-state index in [1.165, 1.54) is 27.7 Å². The number of hydrogen-bond donors (Lipinski definition) is 0. The van der Waals surface area contributed by atoms with Gasteiger partial charge in [0.1, 0.15) is 18.3 Å². The molecule has 4 aliphatic rings. The summed E-state index contributed by atoms with van der Waals surface area (Å²) in [5.74, 6) is -3.59. The summed E-state index contributed by atoms with van der Waals surface area (Å²) in [6.07, 6.45) is -0.813. The molecule has 10 heteroatoms. The first kappa shape index (κ1) is 29.2. The first-order chi connectivity index (χ1) is 18.1. The summed E-state index contributed by atoms with van der Waals surface area (Å²) in [6, 6.07) is 0. The average Bonchev–Trinajstić information content (AvgIpc) is 3.26. The molecule has 3 fully saturated rings. The molecule has 216 valence electrons. The van der Waals surface area contributed by atoms with Crippen LogP contribution >= 0.6 is 0 Å². The van der Waals surface area contributed by atoms with Gasteiger partial charge >= 0.3 is 23.9 Å². The molecular formula is C29H40O10. The van der Waals surface area contributed by atoms with Crippen LogP contribution in [0.1, 0.15) is 68.2 Å². The van der Waals surface area contributed by atoms with E-state index in [9.17, 15) is 24.0 Å². The third-order valence-electron chi connectivity index (χ3n) is 10.0. The maximum Gasteiger partial charge on any atom is 0.303 e. The van der Waals surface area contributed by atoms with E-state index in [4.69, 9.17) is 23.7 Å². The van der Waals surface area contributed by atoms with Gasteiger partial charge in [0.25, 0.3) is 0 Å². The van der Waals surface area contributed by atoms with E-state index in [2.05, 4.69) is 6.92 Å². The Kier molecular flexibility index (Phi) is 7.51. The van der Waals surface area contributed by atoms with Gasteiger partial charge in [0, 0.05) is 50.9 Å². The van der Waals surface area contributed by atoms with Gasteiger partial charge in [-0.05, 0) is 43.8 Å². The van der Waals surface area contributed by atoms with E-state index in [1.54, 1.807) is 19.9 Å². The quantitative estimate of drug-likeness (QED) is 0.373. The number of carbonyl (C=O) groups excluding carboxylic acids is 5. The molecule has 1 saturated heterocycles. The molecule has 0 N–H and O–H groups in total. The Morgan fingerprint density at radius 1 is 0.974 bits per heavy atom. The van der Waals surface area contributed by atoms with Crippen LogP contribution in [0, 0.1) is 34.0 Å². The second-order valence-electron chi connectivity index (χ2n) is 12.2.